The molecular weight excluding hydrogens is 522 g/mol. The highest BCUT2D eigenvalue weighted by Crippen LogP contribution is 2.64. The quantitative estimate of drug-likeness (QED) is 0.158. The number of aliphatic imine (C=N–C) groups is 1. The molecule has 3 aliphatic carbocycles. The van der Waals surface area contributed by atoms with Crippen LogP contribution in [0.1, 0.15) is 38.5 Å². The maximum absolute atomic E-state index is 14.5. The Morgan fingerprint density at radius 3 is 2.10 bits per heavy atom. The third-order valence-electron chi connectivity index (χ3n) is 8.54. The number of rotatable bonds is 5. The van der Waals surface area contributed by atoms with Crippen molar-refractivity contribution < 1.29 is 24.4 Å². The topological polar surface area (TPSA) is 130 Å². The minimum absolute atomic E-state index is 0.00173. The van der Waals surface area contributed by atoms with Crippen LogP contribution in [0.2, 0.25) is 0 Å². The number of amides is 2. The van der Waals surface area contributed by atoms with E-state index in [9.17, 15) is 29.6 Å². The number of imide groups is 1. The molecule has 1 N–H and O–H groups in total. The van der Waals surface area contributed by atoms with Crippen LogP contribution in [0.4, 0.5) is 17.1 Å². The van der Waals surface area contributed by atoms with Gasteiger partial charge in [-0.15, -0.1) is 0 Å². The van der Waals surface area contributed by atoms with Crippen molar-refractivity contribution in [3.05, 3.63) is 135 Å². The van der Waals surface area contributed by atoms with Gasteiger partial charge in [-0.25, -0.2) is 9.69 Å². The Balaban J connectivity index is 1.51. The van der Waals surface area contributed by atoms with Crippen LogP contribution in [0.15, 0.2) is 102 Å². The fraction of sp³-hybridized carbons (Fsp3) is 0.125. The highest BCUT2D eigenvalue weighted by molar-refractivity contribution is 6.25. The van der Waals surface area contributed by atoms with E-state index in [4.69, 9.17) is 0 Å². The number of anilines is 1. The van der Waals surface area contributed by atoms with E-state index in [0.29, 0.717) is 0 Å². The Bertz CT molecular complexity index is 1800. The van der Waals surface area contributed by atoms with Crippen molar-refractivity contribution in [3.63, 3.8) is 0 Å². The van der Waals surface area contributed by atoms with Gasteiger partial charge in [0.25, 0.3) is 5.69 Å². The van der Waals surface area contributed by atoms with E-state index in [2.05, 4.69) is 4.99 Å². The van der Waals surface area contributed by atoms with Gasteiger partial charge < -0.3 is 5.11 Å². The molecule has 4 aromatic rings. The lowest BCUT2D eigenvalue weighted by Gasteiger charge is -2.52. The average Bonchev–Trinajstić information content (AvgIpc) is 3.26. The van der Waals surface area contributed by atoms with Crippen LogP contribution in [-0.4, -0.2) is 34.0 Å². The second kappa shape index (κ2) is 8.79. The average molecular weight is 544 g/mol. The highest BCUT2D eigenvalue weighted by Gasteiger charge is 2.68. The zero-order valence-corrected chi connectivity index (χ0v) is 21.4. The van der Waals surface area contributed by atoms with Crippen LogP contribution in [-0.2, 0) is 15.0 Å². The van der Waals surface area contributed by atoms with Crippen LogP contribution in [0.3, 0.4) is 0 Å². The summed E-state index contributed by atoms with van der Waals surface area (Å²) in [4.78, 5) is 57.6. The lowest BCUT2D eigenvalue weighted by atomic mass is 9.47. The highest BCUT2D eigenvalue weighted by atomic mass is 16.6. The standard InChI is InChI=1S/C32H21N3O6/c36-29-27-26-18-9-1-4-12-21(18)32(22-13-5-2-10-19(22)26,17-33-23-14-6-3-11-20(23)31(38)39)28(27)30(37)34(29)24-15-7-8-16-25(24)35(40)41/h1-17,26-28H,(H,38,39)/t26?,27-,28-,32?/m0/s1. The Labute approximate surface area is 233 Å². The van der Waals surface area contributed by atoms with Crippen molar-refractivity contribution in [2.75, 3.05) is 4.90 Å². The summed E-state index contributed by atoms with van der Waals surface area (Å²) >= 11 is 0. The van der Waals surface area contributed by atoms with E-state index in [0.717, 1.165) is 27.2 Å². The van der Waals surface area contributed by atoms with Crippen molar-refractivity contribution in [1.82, 2.24) is 0 Å². The molecule has 9 heteroatoms. The SMILES string of the molecule is O=C(O)c1ccccc1N=CC12c3ccccc3C(c3ccccc31)[C@@H]1C(=O)N(c3ccccc3[N+](=O)[O-])C(=O)[C@H]12. The summed E-state index contributed by atoms with van der Waals surface area (Å²) in [5.41, 5.74) is 1.90. The number of nitrogens with zero attached hydrogens (tertiary/aromatic N) is 3. The van der Waals surface area contributed by atoms with Crippen molar-refractivity contribution in [2.24, 2.45) is 16.8 Å². The zero-order chi connectivity index (χ0) is 28.5. The lowest BCUT2D eigenvalue weighted by molar-refractivity contribution is -0.384. The van der Waals surface area contributed by atoms with E-state index in [1.165, 1.54) is 24.3 Å². The van der Waals surface area contributed by atoms with Gasteiger partial charge >= 0.3 is 5.97 Å². The summed E-state index contributed by atoms with van der Waals surface area (Å²) in [5.74, 6) is -4.44. The van der Waals surface area contributed by atoms with E-state index in [1.807, 2.05) is 48.5 Å². The molecule has 1 heterocycles. The monoisotopic (exact) mass is 543 g/mol. The van der Waals surface area contributed by atoms with Gasteiger partial charge in [-0.3, -0.25) is 24.7 Å². The first-order valence-corrected chi connectivity index (χ1v) is 13.0. The maximum atomic E-state index is 14.5. The van der Waals surface area contributed by atoms with Gasteiger partial charge in [0.2, 0.25) is 11.8 Å². The number of hydrogen-bond acceptors (Lipinski definition) is 6. The second-order valence-electron chi connectivity index (χ2n) is 10.4. The van der Waals surface area contributed by atoms with Crippen LogP contribution < -0.4 is 4.90 Å². The van der Waals surface area contributed by atoms with Crippen LogP contribution in [0.25, 0.3) is 0 Å². The first-order chi connectivity index (χ1) is 19.9. The van der Waals surface area contributed by atoms with Gasteiger partial charge in [-0.1, -0.05) is 72.8 Å². The largest absolute Gasteiger partial charge is 0.478 e. The summed E-state index contributed by atoms with van der Waals surface area (Å²) in [6.45, 7) is 0. The lowest BCUT2D eigenvalue weighted by Crippen LogP contribution is -2.54. The fourth-order valence-corrected chi connectivity index (χ4v) is 7.03. The fourth-order valence-electron chi connectivity index (χ4n) is 7.03. The Kier molecular flexibility index (Phi) is 5.27. The van der Waals surface area contributed by atoms with Gasteiger partial charge in [-0.05, 0) is 40.5 Å². The summed E-state index contributed by atoms with van der Waals surface area (Å²) in [6.07, 6.45) is 1.60. The Morgan fingerprint density at radius 2 is 1.44 bits per heavy atom. The molecule has 4 aliphatic rings. The van der Waals surface area contributed by atoms with Crippen LogP contribution in [0, 0.1) is 22.0 Å². The molecule has 1 fully saturated rings. The van der Waals surface area contributed by atoms with Crippen LogP contribution in [0.5, 0.6) is 0 Å². The number of hydrogen-bond donors (Lipinski definition) is 1. The molecule has 2 amide bonds. The molecule has 0 aromatic heterocycles. The molecule has 9 nitrogen and oxygen atoms in total. The summed E-state index contributed by atoms with van der Waals surface area (Å²) in [6, 6.07) is 27.2. The molecule has 0 spiro atoms. The Morgan fingerprint density at radius 1 is 0.854 bits per heavy atom. The molecule has 0 unspecified atom stereocenters. The number of para-hydroxylation sites is 3. The van der Waals surface area contributed by atoms with Crippen molar-refractivity contribution in [3.8, 4) is 0 Å². The molecule has 0 saturated carbocycles. The first-order valence-electron chi connectivity index (χ1n) is 13.0. The van der Waals surface area contributed by atoms with Crippen molar-refractivity contribution >= 4 is 41.1 Å². The predicted octanol–water partition coefficient (Wildman–Crippen LogP) is 5.25. The smallest absolute Gasteiger partial charge is 0.337 e. The van der Waals surface area contributed by atoms with E-state index in [-0.39, 0.29) is 22.6 Å². The number of nitro benzene ring substituents is 1. The number of carbonyl (C=O) groups is 3. The molecule has 2 bridgehead atoms. The van der Waals surface area contributed by atoms with E-state index < -0.39 is 45.9 Å². The minimum Gasteiger partial charge on any atom is -0.478 e. The number of carboxylic acids is 1. The normalized spacial score (nSPS) is 23.8. The van der Waals surface area contributed by atoms with Gasteiger partial charge in [0, 0.05) is 18.2 Å². The number of aromatic carboxylic acids is 1. The molecule has 200 valence electrons. The third kappa shape index (κ3) is 3.23. The second-order valence-corrected chi connectivity index (χ2v) is 10.4. The summed E-state index contributed by atoms with van der Waals surface area (Å²) in [7, 11) is 0. The van der Waals surface area contributed by atoms with E-state index >= 15 is 0 Å². The molecule has 4 aromatic carbocycles. The minimum atomic E-state index is -1.23. The van der Waals surface area contributed by atoms with Gasteiger partial charge in [-0.2, -0.15) is 0 Å². The zero-order valence-electron chi connectivity index (χ0n) is 21.4. The Hall–Kier alpha value is -5.44. The number of nitro groups is 1. The third-order valence-corrected chi connectivity index (χ3v) is 8.54. The number of carboxylic acid groups (broad SMARTS) is 1. The molecule has 1 aliphatic heterocycles. The maximum Gasteiger partial charge on any atom is 0.337 e. The molecule has 8 rings (SSSR count). The number of benzene rings is 4. The van der Waals surface area contributed by atoms with Crippen molar-refractivity contribution in [1.29, 1.82) is 0 Å². The van der Waals surface area contributed by atoms with Gasteiger partial charge in [0.1, 0.15) is 5.69 Å². The van der Waals surface area contributed by atoms with Gasteiger partial charge in [0.05, 0.1) is 33.4 Å². The van der Waals surface area contributed by atoms with Gasteiger partial charge in [0.15, 0.2) is 0 Å². The summed E-state index contributed by atoms with van der Waals surface area (Å²) in [5, 5.41) is 21.7. The predicted molar refractivity (Wildman–Crippen MR) is 150 cm³/mol. The molecule has 2 atom stereocenters. The number of carbonyl (C=O) groups excluding carboxylic acids is 2. The summed E-state index contributed by atoms with van der Waals surface area (Å²) < 4.78 is 0. The van der Waals surface area contributed by atoms with E-state index in [1.54, 1.807) is 30.5 Å². The molecule has 0 radical (unpaired) electrons. The van der Waals surface area contributed by atoms with Crippen LogP contribution >= 0.6 is 0 Å². The first kappa shape index (κ1) is 24.6. The molecule has 41 heavy (non-hydrogen) atoms. The molecule has 1 saturated heterocycles. The van der Waals surface area contributed by atoms with Crippen molar-refractivity contribution in [2.45, 2.75) is 11.3 Å². The molecular formula is C32H21N3O6.